The van der Waals surface area contributed by atoms with Crippen molar-refractivity contribution >= 4 is 11.3 Å². The van der Waals surface area contributed by atoms with Crippen LogP contribution in [0.2, 0.25) is 0 Å². The summed E-state index contributed by atoms with van der Waals surface area (Å²) < 4.78 is 5.55. The Hall–Kier alpha value is -1.32. The predicted molar refractivity (Wildman–Crippen MR) is 89.6 cm³/mol. The van der Waals surface area contributed by atoms with Crippen LogP contribution in [0.3, 0.4) is 0 Å². The second kappa shape index (κ2) is 6.20. The first-order chi connectivity index (χ1) is 10.1. The van der Waals surface area contributed by atoms with E-state index < -0.39 is 0 Å². The zero-order valence-electron chi connectivity index (χ0n) is 13.0. The number of thiophene rings is 1. The first kappa shape index (κ1) is 14.6. The summed E-state index contributed by atoms with van der Waals surface area (Å²) in [4.78, 5) is 2.83. The monoisotopic (exact) mass is 301 g/mol. The number of hydrogen-bond acceptors (Lipinski definition) is 3. The SMILES string of the molecule is Cc1cc(C(C)NCCc2ccc3c(c2)CCO3)c(C)s1. The summed E-state index contributed by atoms with van der Waals surface area (Å²) in [5.74, 6) is 1.07. The molecule has 0 saturated heterocycles. The molecule has 2 heterocycles. The lowest BCUT2D eigenvalue weighted by molar-refractivity contribution is 0.357. The highest BCUT2D eigenvalue weighted by Crippen LogP contribution is 2.27. The first-order valence-electron chi connectivity index (χ1n) is 7.68. The summed E-state index contributed by atoms with van der Waals surface area (Å²) in [5.41, 5.74) is 4.21. The molecule has 2 aromatic rings. The van der Waals surface area contributed by atoms with Crippen LogP contribution in [0.4, 0.5) is 0 Å². The van der Waals surface area contributed by atoms with E-state index in [9.17, 15) is 0 Å². The minimum Gasteiger partial charge on any atom is -0.493 e. The number of hydrogen-bond donors (Lipinski definition) is 1. The lowest BCUT2D eigenvalue weighted by Crippen LogP contribution is -2.21. The van der Waals surface area contributed by atoms with Crippen LogP contribution in [0.15, 0.2) is 24.3 Å². The van der Waals surface area contributed by atoms with Gasteiger partial charge in [0.15, 0.2) is 0 Å². The maximum absolute atomic E-state index is 5.55. The molecule has 3 rings (SSSR count). The lowest BCUT2D eigenvalue weighted by atomic mass is 10.1. The van der Waals surface area contributed by atoms with Crippen molar-refractivity contribution in [2.45, 2.75) is 39.7 Å². The summed E-state index contributed by atoms with van der Waals surface area (Å²) in [7, 11) is 0. The number of rotatable bonds is 5. The summed E-state index contributed by atoms with van der Waals surface area (Å²) >= 11 is 1.89. The molecule has 1 unspecified atom stereocenters. The van der Waals surface area contributed by atoms with Gasteiger partial charge in [0.05, 0.1) is 6.61 Å². The van der Waals surface area contributed by atoms with Gasteiger partial charge in [0.2, 0.25) is 0 Å². The van der Waals surface area contributed by atoms with Crippen molar-refractivity contribution in [1.29, 1.82) is 0 Å². The van der Waals surface area contributed by atoms with E-state index in [1.165, 1.54) is 26.4 Å². The average Bonchev–Trinajstić information content (AvgIpc) is 3.04. The Morgan fingerprint density at radius 3 is 2.90 bits per heavy atom. The number of benzene rings is 1. The molecule has 0 bridgehead atoms. The maximum Gasteiger partial charge on any atom is 0.122 e. The van der Waals surface area contributed by atoms with E-state index in [1.807, 2.05) is 11.3 Å². The second-order valence-corrected chi connectivity index (χ2v) is 7.30. The van der Waals surface area contributed by atoms with E-state index in [0.717, 1.165) is 31.7 Å². The molecular formula is C18H23NOS. The van der Waals surface area contributed by atoms with Crippen LogP contribution in [-0.2, 0) is 12.8 Å². The zero-order chi connectivity index (χ0) is 14.8. The lowest BCUT2D eigenvalue weighted by Gasteiger charge is -2.14. The van der Waals surface area contributed by atoms with Gasteiger partial charge in [0.1, 0.15) is 5.75 Å². The van der Waals surface area contributed by atoms with Crippen LogP contribution in [0.1, 0.15) is 39.4 Å². The van der Waals surface area contributed by atoms with Crippen molar-refractivity contribution in [3.8, 4) is 5.75 Å². The fraction of sp³-hybridized carbons (Fsp3) is 0.444. The molecule has 1 atom stereocenters. The van der Waals surface area contributed by atoms with Crippen LogP contribution < -0.4 is 10.1 Å². The van der Waals surface area contributed by atoms with Crippen LogP contribution in [0.25, 0.3) is 0 Å². The Labute approximate surface area is 131 Å². The van der Waals surface area contributed by atoms with Gasteiger partial charge in [-0.2, -0.15) is 0 Å². The fourth-order valence-electron chi connectivity index (χ4n) is 3.02. The van der Waals surface area contributed by atoms with Crippen molar-refractivity contribution < 1.29 is 4.74 Å². The summed E-state index contributed by atoms with van der Waals surface area (Å²) in [6.07, 6.45) is 2.13. The van der Waals surface area contributed by atoms with Crippen molar-refractivity contribution in [3.63, 3.8) is 0 Å². The third kappa shape index (κ3) is 3.30. The van der Waals surface area contributed by atoms with Gasteiger partial charge in [0, 0.05) is 22.2 Å². The first-order valence-corrected chi connectivity index (χ1v) is 8.50. The largest absolute Gasteiger partial charge is 0.493 e. The Kier molecular flexibility index (Phi) is 4.32. The maximum atomic E-state index is 5.55. The van der Waals surface area contributed by atoms with Crippen molar-refractivity contribution in [3.05, 3.63) is 50.7 Å². The second-order valence-electron chi connectivity index (χ2n) is 5.83. The average molecular weight is 301 g/mol. The Balaban J connectivity index is 1.55. The predicted octanol–water partition coefficient (Wildman–Crippen LogP) is 4.19. The molecule has 1 aliphatic rings. The van der Waals surface area contributed by atoms with Crippen LogP contribution in [0, 0.1) is 13.8 Å². The molecule has 0 aliphatic carbocycles. The van der Waals surface area contributed by atoms with Crippen molar-refractivity contribution in [2.75, 3.05) is 13.2 Å². The van der Waals surface area contributed by atoms with E-state index in [-0.39, 0.29) is 0 Å². The Morgan fingerprint density at radius 2 is 2.14 bits per heavy atom. The molecule has 0 radical (unpaired) electrons. The topological polar surface area (TPSA) is 21.3 Å². The highest BCUT2D eigenvalue weighted by atomic mass is 32.1. The molecule has 112 valence electrons. The number of aryl methyl sites for hydroxylation is 2. The van der Waals surface area contributed by atoms with Gasteiger partial charge in [-0.15, -0.1) is 11.3 Å². The molecule has 2 nitrogen and oxygen atoms in total. The highest BCUT2D eigenvalue weighted by molar-refractivity contribution is 7.12. The zero-order valence-corrected chi connectivity index (χ0v) is 13.8. The molecule has 1 aliphatic heterocycles. The van der Waals surface area contributed by atoms with Gasteiger partial charge in [-0.3, -0.25) is 0 Å². The van der Waals surface area contributed by atoms with Crippen molar-refractivity contribution in [1.82, 2.24) is 5.32 Å². The molecule has 0 amide bonds. The molecule has 0 saturated carbocycles. The van der Waals surface area contributed by atoms with Gasteiger partial charge in [-0.1, -0.05) is 12.1 Å². The van der Waals surface area contributed by atoms with Crippen LogP contribution in [0.5, 0.6) is 5.75 Å². The number of fused-ring (bicyclic) bond motifs is 1. The fourth-order valence-corrected chi connectivity index (χ4v) is 4.04. The summed E-state index contributed by atoms with van der Waals surface area (Å²) in [6, 6.07) is 9.34. The third-order valence-electron chi connectivity index (χ3n) is 4.16. The molecule has 0 fully saturated rings. The Bertz CT molecular complexity index is 632. The van der Waals surface area contributed by atoms with E-state index in [2.05, 4.69) is 50.4 Å². The van der Waals surface area contributed by atoms with Crippen LogP contribution in [-0.4, -0.2) is 13.2 Å². The molecule has 21 heavy (non-hydrogen) atoms. The van der Waals surface area contributed by atoms with E-state index in [0.29, 0.717) is 6.04 Å². The van der Waals surface area contributed by atoms with Gasteiger partial charge < -0.3 is 10.1 Å². The number of ether oxygens (including phenoxy) is 1. The molecular weight excluding hydrogens is 278 g/mol. The number of nitrogens with one attached hydrogen (secondary N) is 1. The Morgan fingerprint density at radius 1 is 1.29 bits per heavy atom. The van der Waals surface area contributed by atoms with Crippen LogP contribution >= 0.6 is 11.3 Å². The van der Waals surface area contributed by atoms with Gasteiger partial charge in [-0.25, -0.2) is 0 Å². The highest BCUT2D eigenvalue weighted by Gasteiger charge is 2.13. The molecule has 0 spiro atoms. The minimum absolute atomic E-state index is 0.424. The minimum atomic E-state index is 0.424. The van der Waals surface area contributed by atoms with E-state index in [1.54, 1.807) is 0 Å². The van der Waals surface area contributed by atoms with Gasteiger partial charge in [0.25, 0.3) is 0 Å². The van der Waals surface area contributed by atoms with Gasteiger partial charge >= 0.3 is 0 Å². The van der Waals surface area contributed by atoms with E-state index in [4.69, 9.17) is 4.74 Å². The molecule has 1 N–H and O–H groups in total. The summed E-state index contributed by atoms with van der Waals surface area (Å²) in [6.45, 7) is 8.50. The normalized spacial score (nSPS) is 14.8. The molecule has 1 aromatic heterocycles. The van der Waals surface area contributed by atoms with Crippen molar-refractivity contribution in [2.24, 2.45) is 0 Å². The smallest absolute Gasteiger partial charge is 0.122 e. The third-order valence-corrected chi connectivity index (χ3v) is 5.15. The summed E-state index contributed by atoms with van der Waals surface area (Å²) in [5, 5.41) is 3.64. The van der Waals surface area contributed by atoms with E-state index >= 15 is 0 Å². The quantitative estimate of drug-likeness (QED) is 0.894. The molecule has 3 heteroatoms. The standard InChI is InChI=1S/C18H23NOS/c1-12-10-17(14(3)21-12)13(2)19-8-6-15-4-5-18-16(11-15)7-9-20-18/h4-5,10-11,13,19H,6-9H2,1-3H3. The van der Waals surface area contributed by atoms with Gasteiger partial charge in [-0.05, 0) is 62.6 Å². The molecule has 1 aromatic carbocycles.